The quantitative estimate of drug-likeness (QED) is 0.866. The molecule has 3 rings (SSSR count). The zero-order valence-corrected chi connectivity index (χ0v) is 14.4. The van der Waals surface area contributed by atoms with Gasteiger partial charge in [-0.15, -0.1) is 0 Å². The van der Waals surface area contributed by atoms with Crippen LogP contribution < -0.4 is 10.1 Å². The largest absolute Gasteiger partial charge is 0.494 e. The Bertz CT molecular complexity index is 771. The van der Waals surface area contributed by atoms with Crippen molar-refractivity contribution in [3.05, 3.63) is 42.2 Å². The fraction of sp³-hybridized carbons (Fsp3) is 0.389. The number of amides is 2. The maximum atomic E-state index is 12.2. The van der Waals surface area contributed by atoms with Crippen molar-refractivity contribution in [3.8, 4) is 11.4 Å². The van der Waals surface area contributed by atoms with Crippen LogP contribution in [0.15, 0.2) is 36.7 Å². The van der Waals surface area contributed by atoms with Gasteiger partial charge in [-0.3, -0.25) is 9.59 Å². The standard InChI is InChI=1S/C18H22N4O3/c1-13(20-17(23)12-21-9-5-8-18(21)24)14-10-19-22(11-14)15-6-3-4-7-16(15)25-2/h3-4,6-7,10-11,13H,5,8-9,12H2,1-2H3,(H,20,23). The summed E-state index contributed by atoms with van der Waals surface area (Å²) in [5.74, 6) is 0.612. The summed E-state index contributed by atoms with van der Waals surface area (Å²) in [6.07, 6.45) is 4.95. The summed E-state index contributed by atoms with van der Waals surface area (Å²) < 4.78 is 7.07. The molecule has 1 atom stereocenters. The maximum Gasteiger partial charge on any atom is 0.240 e. The topological polar surface area (TPSA) is 76.5 Å². The Labute approximate surface area is 146 Å². The summed E-state index contributed by atoms with van der Waals surface area (Å²) in [4.78, 5) is 25.4. The fourth-order valence-corrected chi connectivity index (χ4v) is 2.93. The molecule has 0 saturated carbocycles. The third-order valence-electron chi connectivity index (χ3n) is 4.32. The number of likely N-dealkylation sites (tertiary alicyclic amines) is 1. The Morgan fingerprint density at radius 3 is 2.92 bits per heavy atom. The monoisotopic (exact) mass is 342 g/mol. The molecule has 1 aliphatic heterocycles. The van der Waals surface area contributed by atoms with E-state index in [1.54, 1.807) is 22.9 Å². The summed E-state index contributed by atoms with van der Waals surface area (Å²) in [7, 11) is 1.62. The van der Waals surface area contributed by atoms with Gasteiger partial charge in [0.05, 0.1) is 25.9 Å². The number of para-hydroxylation sites is 2. The maximum absolute atomic E-state index is 12.2. The number of hydrogen-bond acceptors (Lipinski definition) is 4. The van der Waals surface area contributed by atoms with E-state index in [-0.39, 0.29) is 24.4 Å². The molecule has 0 aliphatic carbocycles. The normalized spacial score (nSPS) is 15.3. The smallest absolute Gasteiger partial charge is 0.240 e. The second-order valence-electron chi connectivity index (χ2n) is 6.10. The SMILES string of the molecule is COc1ccccc1-n1cc(C(C)NC(=O)CN2CCCC2=O)cn1. The highest BCUT2D eigenvalue weighted by Gasteiger charge is 2.23. The van der Waals surface area contributed by atoms with Crippen molar-refractivity contribution in [2.45, 2.75) is 25.8 Å². The molecule has 0 radical (unpaired) electrons. The molecule has 2 aromatic rings. The lowest BCUT2D eigenvalue weighted by Crippen LogP contribution is -2.38. The van der Waals surface area contributed by atoms with E-state index in [0.29, 0.717) is 13.0 Å². The minimum absolute atomic E-state index is 0.0480. The van der Waals surface area contributed by atoms with Gasteiger partial charge in [0, 0.05) is 24.7 Å². The molecule has 132 valence electrons. The molecule has 1 N–H and O–H groups in total. The Kier molecular flexibility index (Phi) is 5.02. The number of carbonyl (C=O) groups is 2. The average Bonchev–Trinajstić information content (AvgIpc) is 3.24. The van der Waals surface area contributed by atoms with Crippen LogP contribution in [-0.2, 0) is 9.59 Å². The number of ether oxygens (including phenoxy) is 1. The molecular formula is C18H22N4O3. The number of hydrogen-bond donors (Lipinski definition) is 1. The van der Waals surface area contributed by atoms with Crippen molar-refractivity contribution in [2.24, 2.45) is 0 Å². The van der Waals surface area contributed by atoms with Crippen LogP contribution in [0.2, 0.25) is 0 Å². The Morgan fingerprint density at radius 2 is 2.20 bits per heavy atom. The van der Waals surface area contributed by atoms with Gasteiger partial charge in [-0.1, -0.05) is 12.1 Å². The van der Waals surface area contributed by atoms with Gasteiger partial charge < -0.3 is 15.0 Å². The first-order chi connectivity index (χ1) is 12.1. The Hall–Kier alpha value is -2.83. The molecule has 1 aromatic heterocycles. The molecule has 2 amide bonds. The lowest BCUT2D eigenvalue weighted by molar-refractivity contribution is -0.133. The Morgan fingerprint density at radius 1 is 1.40 bits per heavy atom. The van der Waals surface area contributed by atoms with Crippen LogP contribution in [0.3, 0.4) is 0 Å². The minimum atomic E-state index is -0.200. The van der Waals surface area contributed by atoms with Crippen molar-refractivity contribution in [1.82, 2.24) is 20.0 Å². The van der Waals surface area contributed by atoms with E-state index in [0.717, 1.165) is 23.4 Å². The van der Waals surface area contributed by atoms with Crippen molar-refractivity contribution >= 4 is 11.8 Å². The third kappa shape index (κ3) is 3.81. The number of benzene rings is 1. The molecule has 25 heavy (non-hydrogen) atoms. The van der Waals surface area contributed by atoms with Crippen LogP contribution in [0.1, 0.15) is 31.4 Å². The van der Waals surface area contributed by atoms with Crippen molar-refractivity contribution in [2.75, 3.05) is 20.2 Å². The van der Waals surface area contributed by atoms with Crippen LogP contribution in [-0.4, -0.2) is 46.7 Å². The zero-order chi connectivity index (χ0) is 17.8. The molecule has 2 heterocycles. The van der Waals surface area contributed by atoms with Gasteiger partial charge in [0.15, 0.2) is 0 Å². The van der Waals surface area contributed by atoms with Crippen molar-refractivity contribution in [1.29, 1.82) is 0 Å². The molecular weight excluding hydrogens is 320 g/mol. The number of methoxy groups -OCH3 is 1. The first-order valence-corrected chi connectivity index (χ1v) is 8.33. The highest BCUT2D eigenvalue weighted by atomic mass is 16.5. The number of aromatic nitrogens is 2. The molecule has 0 spiro atoms. The molecule has 1 saturated heterocycles. The van der Waals surface area contributed by atoms with Gasteiger partial charge in [-0.05, 0) is 25.5 Å². The highest BCUT2D eigenvalue weighted by molar-refractivity contribution is 5.86. The van der Waals surface area contributed by atoms with Crippen LogP contribution in [0, 0.1) is 0 Å². The van der Waals surface area contributed by atoms with Crippen LogP contribution in [0.25, 0.3) is 5.69 Å². The van der Waals surface area contributed by atoms with Crippen molar-refractivity contribution < 1.29 is 14.3 Å². The average molecular weight is 342 g/mol. The summed E-state index contributed by atoms with van der Waals surface area (Å²) in [6, 6.07) is 7.40. The third-order valence-corrected chi connectivity index (χ3v) is 4.32. The summed E-state index contributed by atoms with van der Waals surface area (Å²) in [6.45, 7) is 2.67. The van der Waals surface area contributed by atoms with E-state index >= 15 is 0 Å². The van der Waals surface area contributed by atoms with Gasteiger partial charge in [0.2, 0.25) is 11.8 Å². The molecule has 7 heteroatoms. The Balaban J connectivity index is 1.65. The fourth-order valence-electron chi connectivity index (χ4n) is 2.93. The summed E-state index contributed by atoms with van der Waals surface area (Å²) in [5.41, 5.74) is 1.71. The lowest BCUT2D eigenvalue weighted by atomic mass is 10.2. The van der Waals surface area contributed by atoms with Crippen LogP contribution in [0.4, 0.5) is 0 Å². The second kappa shape index (κ2) is 7.38. The van der Waals surface area contributed by atoms with E-state index in [9.17, 15) is 9.59 Å². The minimum Gasteiger partial charge on any atom is -0.494 e. The van der Waals surface area contributed by atoms with Gasteiger partial charge in [0.1, 0.15) is 11.4 Å². The first-order valence-electron chi connectivity index (χ1n) is 8.33. The molecule has 1 unspecified atom stereocenters. The second-order valence-corrected chi connectivity index (χ2v) is 6.10. The van der Waals surface area contributed by atoms with E-state index in [4.69, 9.17) is 4.74 Å². The number of nitrogens with zero attached hydrogens (tertiary/aromatic N) is 3. The predicted molar refractivity (Wildman–Crippen MR) is 92.5 cm³/mol. The number of rotatable bonds is 6. The lowest BCUT2D eigenvalue weighted by Gasteiger charge is -2.17. The number of carbonyl (C=O) groups excluding carboxylic acids is 2. The summed E-state index contributed by atoms with van der Waals surface area (Å²) >= 11 is 0. The highest BCUT2D eigenvalue weighted by Crippen LogP contribution is 2.23. The summed E-state index contributed by atoms with van der Waals surface area (Å²) in [5, 5.41) is 7.28. The number of nitrogens with one attached hydrogen (secondary N) is 1. The molecule has 7 nitrogen and oxygen atoms in total. The zero-order valence-electron chi connectivity index (χ0n) is 14.4. The van der Waals surface area contributed by atoms with Crippen molar-refractivity contribution in [3.63, 3.8) is 0 Å². The predicted octanol–water partition coefficient (Wildman–Crippen LogP) is 1.68. The molecule has 1 aliphatic rings. The van der Waals surface area contributed by atoms with E-state index in [1.807, 2.05) is 37.4 Å². The first kappa shape index (κ1) is 17.0. The van der Waals surface area contributed by atoms with E-state index < -0.39 is 0 Å². The van der Waals surface area contributed by atoms with Gasteiger partial charge >= 0.3 is 0 Å². The van der Waals surface area contributed by atoms with Gasteiger partial charge in [0.25, 0.3) is 0 Å². The van der Waals surface area contributed by atoms with E-state index in [1.165, 1.54) is 0 Å². The van der Waals surface area contributed by atoms with E-state index in [2.05, 4.69) is 10.4 Å². The molecule has 1 aromatic carbocycles. The van der Waals surface area contributed by atoms with Crippen LogP contribution in [0.5, 0.6) is 5.75 Å². The van der Waals surface area contributed by atoms with Gasteiger partial charge in [-0.2, -0.15) is 5.10 Å². The molecule has 1 fully saturated rings. The van der Waals surface area contributed by atoms with Crippen LogP contribution >= 0.6 is 0 Å². The molecule has 0 bridgehead atoms. The van der Waals surface area contributed by atoms with Gasteiger partial charge in [-0.25, -0.2) is 4.68 Å².